The van der Waals surface area contributed by atoms with Crippen LogP contribution >= 0.6 is 8.25 Å². The van der Waals surface area contributed by atoms with E-state index in [1.165, 1.54) is 6.07 Å². The number of rotatable bonds is 17. The minimum absolute atomic E-state index is 0.00788. The summed E-state index contributed by atoms with van der Waals surface area (Å²) in [6.45, 7) is 4.93. The van der Waals surface area contributed by atoms with Crippen molar-refractivity contribution in [2.45, 2.75) is 58.9 Å². The Bertz CT molecular complexity index is 1190. The Morgan fingerprint density at radius 3 is 2.48 bits per heavy atom. The Morgan fingerprint density at radius 2 is 1.85 bits per heavy atom. The fourth-order valence-electron chi connectivity index (χ4n) is 4.22. The molecule has 5 N–H and O–H groups in total. The average molecular weight is 581 g/mol. The van der Waals surface area contributed by atoms with Gasteiger partial charge in [0.2, 0.25) is 12.3 Å². The van der Waals surface area contributed by atoms with Crippen molar-refractivity contribution < 1.29 is 42.8 Å². The Kier molecular flexibility index (Phi) is 13.5. The van der Waals surface area contributed by atoms with E-state index in [1.54, 1.807) is 38.1 Å². The first kappa shape index (κ1) is 32.7. The van der Waals surface area contributed by atoms with Gasteiger partial charge in [-0.2, -0.15) is 0 Å². The molecule has 13 nitrogen and oxygen atoms in total. The molecule has 0 aliphatic heterocycles. The highest BCUT2D eigenvalue weighted by molar-refractivity contribution is 7.32. The molecular formula is C26H37N4O9P. The van der Waals surface area contributed by atoms with Crippen LogP contribution in [0.2, 0.25) is 0 Å². The molecule has 3 atom stereocenters. The van der Waals surface area contributed by atoms with Gasteiger partial charge in [-0.1, -0.05) is 39.2 Å². The molecule has 2 rings (SSSR count). The number of amides is 4. The van der Waals surface area contributed by atoms with E-state index in [-0.39, 0.29) is 24.7 Å². The Balaban J connectivity index is 1.98. The second-order valence-corrected chi connectivity index (χ2v) is 9.86. The summed E-state index contributed by atoms with van der Waals surface area (Å²) in [5, 5.41) is 18.0. The largest absolute Gasteiger partial charge is 0.451 e. The van der Waals surface area contributed by atoms with E-state index >= 15 is 0 Å². The van der Waals surface area contributed by atoms with Crippen molar-refractivity contribution in [2.24, 2.45) is 5.92 Å². The molecule has 3 unspecified atom stereocenters. The van der Waals surface area contributed by atoms with Gasteiger partial charge in [-0.15, -0.1) is 0 Å². The van der Waals surface area contributed by atoms with Crippen LogP contribution in [-0.4, -0.2) is 58.7 Å². The van der Waals surface area contributed by atoms with Crippen molar-refractivity contribution in [3.63, 3.8) is 0 Å². The van der Waals surface area contributed by atoms with Crippen LogP contribution in [0.15, 0.2) is 34.7 Å². The molecule has 0 aliphatic rings. The summed E-state index contributed by atoms with van der Waals surface area (Å²) in [4.78, 5) is 57.5. The summed E-state index contributed by atoms with van der Waals surface area (Å²) in [5.41, 5.74) is 1.55. The molecule has 40 heavy (non-hydrogen) atoms. The predicted octanol–water partition coefficient (Wildman–Crippen LogP) is 2.97. The minimum atomic E-state index is -3.15. The highest BCUT2D eigenvalue weighted by Crippen LogP contribution is 2.25. The molecule has 220 valence electrons. The average Bonchev–Trinajstić information content (AvgIpc) is 3.42. The summed E-state index contributed by atoms with van der Waals surface area (Å²) in [7, 11) is -3.15. The van der Waals surface area contributed by atoms with E-state index in [0.717, 1.165) is 19.3 Å². The van der Waals surface area contributed by atoms with Crippen LogP contribution in [0.4, 0.5) is 0 Å². The molecule has 0 aliphatic carbocycles. The lowest BCUT2D eigenvalue weighted by Gasteiger charge is -2.29. The van der Waals surface area contributed by atoms with Crippen LogP contribution in [0.25, 0.3) is 11.3 Å². The van der Waals surface area contributed by atoms with E-state index < -0.39 is 38.8 Å². The molecule has 14 heteroatoms. The first-order valence-electron chi connectivity index (χ1n) is 13.0. The third-order valence-electron chi connectivity index (χ3n) is 6.31. The number of carbonyl (C=O) groups excluding carboxylic acids is 4. The van der Waals surface area contributed by atoms with Gasteiger partial charge >= 0.3 is 8.25 Å². The third kappa shape index (κ3) is 9.60. The summed E-state index contributed by atoms with van der Waals surface area (Å²) >= 11 is 0. The first-order chi connectivity index (χ1) is 19.1. The number of unbranched alkanes of at least 4 members (excludes halogenated alkanes) is 2. The van der Waals surface area contributed by atoms with Gasteiger partial charge in [-0.25, -0.2) is 5.06 Å². The number of hydrogen-bond donors (Lipinski definition) is 5. The fraction of sp³-hybridized carbons (Fsp3) is 0.462. The van der Waals surface area contributed by atoms with E-state index in [2.05, 4.69) is 20.5 Å². The minimum Gasteiger partial charge on any atom is -0.451 e. The Morgan fingerprint density at radius 1 is 1.10 bits per heavy atom. The lowest BCUT2D eigenvalue weighted by Crippen LogP contribution is -2.47. The standard InChI is InChI=1S/C26H37N4O9P/c1-4-6-7-8-20(21(5-2)30(35)16-31)25(33)27-14-28-26(34)23-12-11-22(39-23)18-9-10-19(17(3)13-18)24(32)29-15-38-40(36)37/h9-13,16,20-21,35,40H,4-8,14-15H2,1-3H3,(H,27,33)(H,28,34)(H,29,32)(H,36,37). The molecule has 0 bridgehead atoms. The van der Waals surface area contributed by atoms with E-state index in [9.17, 15) is 29.0 Å². The Labute approximate surface area is 233 Å². The van der Waals surface area contributed by atoms with Crippen LogP contribution in [-0.2, 0) is 18.7 Å². The van der Waals surface area contributed by atoms with E-state index in [4.69, 9.17) is 9.31 Å². The number of hydrogen-bond acceptors (Lipinski definition) is 8. The van der Waals surface area contributed by atoms with Crippen molar-refractivity contribution in [1.82, 2.24) is 21.0 Å². The molecule has 0 fully saturated rings. The third-order valence-corrected chi connectivity index (χ3v) is 6.70. The lowest BCUT2D eigenvalue weighted by molar-refractivity contribution is -0.168. The topological polar surface area (TPSA) is 188 Å². The normalized spacial score (nSPS) is 13.1. The first-order valence-corrected chi connectivity index (χ1v) is 14.2. The van der Waals surface area contributed by atoms with Crippen LogP contribution in [0.1, 0.15) is 72.4 Å². The molecule has 1 aromatic heterocycles. The maximum Gasteiger partial charge on any atom is 0.318 e. The number of furan rings is 1. The maximum atomic E-state index is 12.9. The van der Waals surface area contributed by atoms with Crippen molar-refractivity contribution >= 4 is 32.4 Å². The SMILES string of the molecule is CCCCCC(C(=O)NCNC(=O)c1ccc(-c2ccc(C(=O)NCO[PH](=O)O)c(C)c2)o1)C(CC)N(O)C=O. The second-order valence-electron chi connectivity index (χ2n) is 9.04. The van der Waals surface area contributed by atoms with E-state index in [0.29, 0.717) is 40.4 Å². The van der Waals surface area contributed by atoms with Gasteiger partial charge in [-0.05, 0) is 49.6 Å². The molecule has 0 spiro atoms. The molecule has 1 aromatic carbocycles. The summed E-state index contributed by atoms with van der Waals surface area (Å²) in [5.74, 6) is -1.68. The number of benzene rings is 1. The quantitative estimate of drug-likeness (QED) is 0.0468. The summed E-state index contributed by atoms with van der Waals surface area (Å²) < 4.78 is 20.7. The van der Waals surface area contributed by atoms with Gasteiger partial charge in [0.25, 0.3) is 11.8 Å². The maximum absolute atomic E-state index is 12.9. The number of carbonyl (C=O) groups is 4. The number of nitrogens with one attached hydrogen (secondary N) is 3. The van der Waals surface area contributed by atoms with Gasteiger partial charge in [-0.3, -0.25) is 33.5 Å². The Hall–Kier alpha value is -3.51. The van der Waals surface area contributed by atoms with Gasteiger partial charge in [0.05, 0.1) is 18.6 Å². The number of hydroxylamine groups is 2. The second kappa shape index (κ2) is 16.6. The molecule has 0 saturated carbocycles. The van der Waals surface area contributed by atoms with E-state index in [1.807, 2.05) is 6.92 Å². The molecule has 1 heterocycles. The van der Waals surface area contributed by atoms with Crippen molar-refractivity contribution in [1.29, 1.82) is 0 Å². The molecule has 0 saturated heterocycles. The van der Waals surface area contributed by atoms with Gasteiger partial charge < -0.3 is 25.3 Å². The molecule has 4 amide bonds. The zero-order valence-corrected chi connectivity index (χ0v) is 23.8. The molecule has 0 radical (unpaired) electrons. The smallest absolute Gasteiger partial charge is 0.318 e. The van der Waals surface area contributed by atoms with Crippen molar-refractivity contribution in [3.05, 3.63) is 47.2 Å². The molecular weight excluding hydrogens is 543 g/mol. The number of aryl methyl sites for hydroxylation is 1. The van der Waals surface area contributed by atoms with Crippen LogP contribution in [0, 0.1) is 12.8 Å². The van der Waals surface area contributed by atoms with Crippen LogP contribution < -0.4 is 16.0 Å². The van der Waals surface area contributed by atoms with Crippen LogP contribution in [0.5, 0.6) is 0 Å². The predicted molar refractivity (Wildman–Crippen MR) is 145 cm³/mol. The highest BCUT2D eigenvalue weighted by atomic mass is 31.1. The molecule has 2 aromatic rings. The van der Waals surface area contributed by atoms with Crippen LogP contribution in [0.3, 0.4) is 0 Å². The fourth-order valence-corrected chi connectivity index (χ4v) is 4.42. The number of nitrogens with zero attached hydrogens (tertiary/aromatic N) is 1. The highest BCUT2D eigenvalue weighted by Gasteiger charge is 2.30. The van der Waals surface area contributed by atoms with Gasteiger partial charge in [0.1, 0.15) is 12.5 Å². The zero-order valence-electron chi connectivity index (χ0n) is 22.8. The van der Waals surface area contributed by atoms with Gasteiger partial charge in [0, 0.05) is 11.1 Å². The zero-order chi connectivity index (χ0) is 29.7. The lowest BCUT2D eigenvalue weighted by atomic mass is 9.90. The van der Waals surface area contributed by atoms with Crippen molar-refractivity contribution in [3.8, 4) is 11.3 Å². The van der Waals surface area contributed by atoms with Crippen molar-refractivity contribution in [2.75, 3.05) is 13.4 Å². The summed E-state index contributed by atoms with van der Waals surface area (Å²) in [6.07, 6.45) is 3.76. The monoisotopic (exact) mass is 580 g/mol. The van der Waals surface area contributed by atoms with Gasteiger partial charge in [0.15, 0.2) is 5.76 Å². The summed E-state index contributed by atoms with van der Waals surface area (Å²) in [6, 6.07) is 7.27.